The highest BCUT2D eigenvalue weighted by atomic mass is 15.2. The molecule has 4 heterocycles. The highest BCUT2D eigenvalue weighted by molar-refractivity contribution is 5.40. The van der Waals surface area contributed by atoms with Gasteiger partial charge in [-0.15, -0.1) is 0 Å². The molecule has 0 amide bonds. The summed E-state index contributed by atoms with van der Waals surface area (Å²) < 4.78 is 2.42. The molecule has 6 nitrogen and oxygen atoms in total. The number of imidazole rings is 1. The van der Waals surface area contributed by atoms with Crippen molar-refractivity contribution in [1.82, 2.24) is 24.3 Å². The zero-order chi connectivity index (χ0) is 19.6. The lowest BCUT2D eigenvalue weighted by Gasteiger charge is -2.34. The summed E-state index contributed by atoms with van der Waals surface area (Å²) in [6, 6.07) is 4.50. The molecule has 2 aromatic heterocycles. The SMILES string of the molecule is CN1CCN(Cc2ccc(N3CCCC(c4nccn4CC4CC4)C3)nc2)CC1. The molecule has 3 aliphatic rings. The topological polar surface area (TPSA) is 40.4 Å². The maximum atomic E-state index is 4.84. The molecule has 29 heavy (non-hydrogen) atoms. The minimum absolute atomic E-state index is 0.518. The van der Waals surface area contributed by atoms with Crippen LogP contribution in [0.25, 0.3) is 0 Å². The maximum absolute atomic E-state index is 4.84. The number of likely N-dealkylation sites (N-methyl/N-ethyl adjacent to an activating group) is 1. The molecule has 156 valence electrons. The first kappa shape index (κ1) is 19.1. The summed E-state index contributed by atoms with van der Waals surface area (Å²) in [6.45, 7) is 8.94. The number of aromatic nitrogens is 3. The quantitative estimate of drug-likeness (QED) is 0.754. The Morgan fingerprint density at radius 1 is 1.00 bits per heavy atom. The van der Waals surface area contributed by atoms with Gasteiger partial charge in [0.15, 0.2) is 0 Å². The minimum atomic E-state index is 0.518. The van der Waals surface area contributed by atoms with E-state index in [9.17, 15) is 0 Å². The smallest absolute Gasteiger partial charge is 0.128 e. The number of piperidine rings is 1. The van der Waals surface area contributed by atoms with Crippen molar-refractivity contribution in [2.75, 3.05) is 51.2 Å². The molecule has 0 bridgehead atoms. The van der Waals surface area contributed by atoms with Crippen molar-refractivity contribution < 1.29 is 0 Å². The molecule has 1 unspecified atom stereocenters. The van der Waals surface area contributed by atoms with Crippen LogP contribution in [-0.2, 0) is 13.1 Å². The molecule has 5 rings (SSSR count). The average molecular weight is 395 g/mol. The van der Waals surface area contributed by atoms with Gasteiger partial charge in [-0.2, -0.15) is 0 Å². The molecule has 0 spiro atoms. The lowest BCUT2D eigenvalue weighted by Crippen LogP contribution is -2.43. The van der Waals surface area contributed by atoms with Gasteiger partial charge in [0, 0.05) is 76.9 Å². The first-order valence-corrected chi connectivity index (χ1v) is 11.4. The molecule has 3 fully saturated rings. The van der Waals surface area contributed by atoms with E-state index in [-0.39, 0.29) is 0 Å². The van der Waals surface area contributed by atoms with E-state index >= 15 is 0 Å². The molecule has 2 aliphatic heterocycles. The van der Waals surface area contributed by atoms with Crippen LogP contribution in [0.3, 0.4) is 0 Å². The molecule has 1 aliphatic carbocycles. The van der Waals surface area contributed by atoms with Crippen LogP contribution in [0, 0.1) is 5.92 Å². The van der Waals surface area contributed by atoms with E-state index in [0.29, 0.717) is 5.92 Å². The van der Waals surface area contributed by atoms with Crippen molar-refractivity contribution in [3.8, 4) is 0 Å². The van der Waals surface area contributed by atoms with Gasteiger partial charge in [0.05, 0.1) is 0 Å². The highest BCUT2D eigenvalue weighted by Gasteiger charge is 2.28. The molecule has 2 saturated heterocycles. The number of hydrogen-bond donors (Lipinski definition) is 0. The fourth-order valence-electron chi connectivity index (χ4n) is 4.77. The van der Waals surface area contributed by atoms with Crippen LogP contribution < -0.4 is 4.90 Å². The lowest BCUT2D eigenvalue weighted by molar-refractivity contribution is 0.148. The van der Waals surface area contributed by atoms with Gasteiger partial charge in [-0.1, -0.05) is 6.07 Å². The Labute approximate surface area is 174 Å². The molecule has 1 atom stereocenters. The monoisotopic (exact) mass is 394 g/mol. The lowest BCUT2D eigenvalue weighted by atomic mass is 9.97. The number of nitrogens with zero attached hydrogens (tertiary/aromatic N) is 6. The molecule has 0 radical (unpaired) electrons. The zero-order valence-electron chi connectivity index (χ0n) is 17.7. The number of pyridine rings is 1. The normalized spacial score (nSPS) is 24.2. The third kappa shape index (κ3) is 4.64. The van der Waals surface area contributed by atoms with Crippen LogP contribution in [0.1, 0.15) is 43.0 Å². The molecule has 0 N–H and O–H groups in total. The molecule has 6 heteroatoms. The van der Waals surface area contributed by atoms with E-state index in [0.717, 1.165) is 64.1 Å². The van der Waals surface area contributed by atoms with Crippen LogP contribution in [0.2, 0.25) is 0 Å². The average Bonchev–Trinajstić information content (AvgIpc) is 3.45. The van der Waals surface area contributed by atoms with E-state index < -0.39 is 0 Å². The van der Waals surface area contributed by atoms with Crippen molar-refractivity contribution >= 4 is 5.82 Å². The molecule has 2 aromatic rings. The second kappa shape index (κ2) is 8.44. The summed E-state index contributed by atoms with van der Waals surface area (Å²) >= 11 is 0. The largest absolute Gasteiger partial charge is 0.356 e. The summed E-state index contributed by atoms with van der Waals surface area (Å²) in [5.41, 5.74) is 1.33. The van der Waals surface area contributed by atoms with Gasteiger partial charge >= 0.3 is 0 Å². The van der Waals surface area contributed by atoms with E-state index in [4.69, 9.17) is 9.97 Å². The van der Waals surface area contributed by atoms with E-state index in [1.807, 2.05) is 6.20 Å². The van der Waals surface area contributed by atoms with Gasteiger partial charge in [0.25, 0.3) is 0 Å². The fraction of sp³-hybridized carbons (Fsp3) is 0.652. The van der Waals surface area contributed by atoms with E-state index in [1.54, 1.807) is 0 Å². The number of piperazine rings is 1. The Bertz CT molecular complexity index is 788. The summed E-state index contributed by atoms with van der Waals surface area (Å²) in [5, 5.41) is 0. The molecule has 1 saturated carbocycles. The van der Waals surface area contributed by atoms with Gasteiger partial charge in [-0.3, -0.25) is 4.90 Å². The van der Waals surface area contributed by atoms with E-state index in [2.05, 4.69) is 50.8 Å². The maximum Gasteiger partial charge on any atom is 0.128 e. The second-order valence-corrected chi connectivity index (χ2v) is 9.27. The fourth-order valence-corrected chi connectivity index (χ4v) is 4.77. The van der Waals surface area contributed by atoms with Gasteiger partial charge in [-0.25, -0.2) is 9.97 Å². The third-order valence-corrected chi connectivity index (χ3v) is 6.82. The Kier molecular flexibility index (Phi) is 5.55. The van der Waals surface area contributed by atoms with Crippen LogP contribution in [-0.4, -0.2) is 70.7 Å². The van der Waals surface area contributed by atoms with Crippen LogP contribution in [0.5, 0.6) is 0 Å². The standard InChI is InChI=1S/C23H34N6/c1-26-11-13-27(14-12-26)16-20-6-7-22(25-15-20)28-9-2-3-21(18-28)23-24-8-10-29(23)17-19-4-5-19/h6-8,10,15,19,21H,2-5,9,11-14,16-18H2,1H3. The predicted molar refractivity (Wildman–Crippen MR) is 116 cm³/mol. The van der Waals surface area contributed by atoms with Crippen LogP contribution >= 0.6 is 0 Å². The Hall–Kier alpha value is -1.92. The van der Waals surface area contributed by atoms with Gasteiger partial charge < -0.3 is 14.4 Å². The van der Waals surface area contributed by atoms with Crippen LogP contribution in [0.15, 0.2) is 30.7 Å². The third-order valence-electron chi connectivity index (χ3n) is 6.82. The zero-order valence-corrected chi connectivity index (χ0v) is 17.7. The van der Waals surface area contributed by atoms with Gasteiger partial charge in [0.1, 0.15) is 11.6 Å². The second-order valence-electron chi connectivity index (χ2n) is 9.27. The summed E-state index contributed by atoms with van der Waals surface area (Å²) in [5.74, 6) is 3.81. The van der Waals surface area contributed by atoms with Gasteiger partial charge in [-0.05, 0) is 50.3 Å². The molecular formula is C23H34N6. The molecule has 0 aromatic carbocycles. The molecular weight excluding hydrogens is 360 g/mol. The van der Waals surface area contributed by atoms with Gasteiger partial charge in [0.2, 0.25) is 0 Å². The van der Waals surface area contributed by atoms with Crippen molar-refractivity contribution in [3.63, 3.8) is 0 Å². The number of hydrogen-bond acceptors (Lipinski definition) is 5. The van der Waals surface area contributed by atoms with E-state index in [1.165, 1.54) is 37.1 Å². The van der Waals surface area contributed by atoms with Crippen LogP contribution in [0.4, 0.5) is 5.82 Å². The van der Waals surface area contributed by atoms with Crippen molar-refractivity contribution in [1.29, 1.82) is 0 Å². The minimum Gasteiger partial charge on any atom is -0.356 e. The first-order chi connectivity index (χ1) is 14.2. The number of rotatable bonds is 6. The summed E-state index contributed by atoms with van der Waals surface area (Å²) in [4.78, 5) is 17.0. The Morgan fingerprint density at radius 2 is 1.86 bits per heavy atom. The predicted octanol–water partition coefficient (Wildman–Crippen LogP) is 2.82. The summed E-state index contributed by atoms with van der Waals surface area (Å²) in [7, 11) is 2.21. The first-order valence-electron chi connectivity index (χ1n) is 11.4. The van der Waals surface area contributed by atoms with Crippen molar-refractivity contribution in [2.45, 2.75) is 44.7 Å². The van der Waals surface area contributed by atoms with Crippen molar-refractivity contribution in [2.24, 2.45) is 5.92 Å². The number of anilines is 1. The van der Waals surface area contributed by atoms with Crippen molar-refractivity contribution in [3.05, 3.63) is 42.1 Å². The Morgan fingerprint density at radius 3 is 2.62 bits per heavy atom. The Balaban J connectivity index is 1.21. The highest BCUT2D eigenvalue weighted by Crippen LogP contribution is 2.33. The summed E-state index contributed by atoms with van der Waals surface area (Å²) in [6.07, 6.45) is 11.5.